The molecule has 1 saturated heterocycles. The van der Waals surface area contributed by atoms with E-state index in [0.717, 1.165) is 52.4 Å². The van der Waals surface area contributed by atoms with Gasteiger partial charge in [0.15, 0.2) is 0 Å². The van der Waals surface area contributed by atoms with Crippen LogP contribution in [0.25, 0.3) is 0 Å². The molecule has 0 aliphatic carbocycles. The van der Waals surface area contributed by atoms with Crippen molar-refractivity contribution in [3.63, 3.8) is 0 Å². The molecule has 5 heteroatoms. The molecule has 0 spiro atoms. The zero-order chi connectivity index (χ0) is 11.1. The van der Waals surface area contributed by atoms with Crippen LogP contribution in [0.2, 0.25) is 0 Å². The van der Waals surface area contributed by atoms with E-state index in [0.29, 0.717) is 0 Å². The number of nitrogens with zero attached hydrogens (tertiary/aromatic N) is 4. The molecule has 1 rings (SSSR count). The molecular formula is C10H22N4O. The van der Waals surface area contributed by atoms with Gasteiger partial charge in [0, 0.05) is 26.2 Å². The first-order valence-corrected chi connectivity index (χ1v) is 5.83. The molecule has 0 unspecified atom stereocenters. The molecule has 0 aromatic rings. The first-order valence-electron chi connectivity index (χ1n) is 5.83. The highest BCUT2D eigenvalue weighted by Gasteiger charge is 2.16. The summed E-state index contributed by atoms with van der Waals surface area (Å²) in [6, 6.07) is 0. The highest BCUT2D eigenvalue weighted by Crippen LogP contribution is 2.01. The van der Waals surface area contributed by atoms with Gasteiger partial charge in [0.05, 0.1) is 18.4 Å². The van der Waals surface area contributed by atoms with Crippen molar-refractivity contribution in [3.05, 3.63) is 4.91 Å². The summed E-state index contributed by atoms with van der Waals surface area (Å²) in [6.07, 6.45) is 0. The van der Waals surface area contributed by atoms with E-state index >= 15 is 0 Å². The van der Waals surface area contributed by atoms with Crippen LogP contribution in [-0.4, -0.2) is 67.2 Å². The summed E-state index contributed by atoms with van der Waals surface area (Å²) in [5.41, 5.74) is 0. The first kappa shape index (κ1) is 12.4. The Balaban J connectivity index is 2.15. The highest BCUT2D eigenvalue weighted by atomic mass is 16.3. The maximum atomic E-state index is 10.3. The molecule has 0 radical (unpaired) electrons. The van der Waals surface area contributed by atoms with E-state index in [1.165, 1.54) is 0 Å². The summed E-state index contributed by atoms with van der Waals surface area (Å²) in [7, 11) is 0. The van der Waals surface area contributed by atoms with Gasteiger partial charge in [0.1, 0.15) is 0 Å². The van der Waals surface area contributed by atoms with Crippen molar-refractivity contribution < 1.29 is 0 Å². The quantitative estimate of drug-likeness (QED) is 0.608. The minimum atomic E-state index is 0.780. The summed E-state index contributed by atoms with van der Waals surface area (Å²) in [5, 5.41) is 4.56. The number of hydrogen-bond acceptors (Lipinski definition) is 4. The molecule has 1 aliphatic rings. The summed E-state index contributed by atoms with van der Waals surface area (Å²) in [5.74, 6) is 0. The van der Waals surface area contributed by atoms with Gasteiger partial charge < -0.3 is 4.90 Å². The molecule has 88 valence electrons. The lowest BCUT2D eigenvalue weighted by Gasteiger charge is -2.32. The predicted octanol–water partition coefficient (Wildman–Crippen LogP) is 0.627. The molecule has 0 aromatic heterocycles. The molecule has 1 aliphatic heterocycles. The topological polar surface area (TPSA) is 39.1 Å². The van der Waals surface area contributed by atoms with Crippen LogP contribution in [0, 0.1) is 4.91 Å². The van der Waals surface area contributed by atoms with Crippen LogP contribution in [0.5, 0.6) is 0 Å². The monoisotopic (exact) mass is 214 g/mol. The Kier molecular flexibility index (Phi) is 5.57. The molecule has 0 amide bonds. The van der Waals surface area contributed by atoms with E-state index < -0.39 is 0 Å². The van der Waals surface area contributed by atoms with E-state index in [9.17, 15) is 4.91 Å². The van der Waals surface area contributed by atoms with Crippen LogP contribution >= 0.6 is 0 Å². The SMILES string of the molecule is CCN(CC)CCN1CCN(N=O)CC1. The van der Waals surface area contributed by atoms with Crippen molar-refractivity contribution in [1.82, 2.24) is 14.8 Å². The van der Waals surface area contributed by atoms with Gasteiger partial charge >= 0.3 is 0 Å². The molecule has 0 aromatic carbocycles. The van der Waals surface area contributed by atoms with Crippen molar-refractivity contribution in [1.29, 1.82) is 0 Å². The number of likely N-dealkylation sites (N-methyl/N-ethyl adjacent to an activating group) is 1. The van der Waals surface area contributed by atoms with E-state index in [4.69, 9.17) is 0 Å². The van der Waals surface area contributed by atoms with E-state index in [2.05, 4.69) is 28.9 Å². The summed E-state index contributed by atoms with van der Waals surface area (Å²) >= 11 is 0. The standard InChI is InChI=1S/C10H22N4O/c1-3-12(4-2)5-6-13-7-9-14(11-15)10-8-13/h3-10H2,1-2H3. The molecule has 1 heterocycles. The molecule has 15 heavy (non-hydrogen) atoms. The Morgan fingerprint density at radius 3 is 2.20 bits per heavy atom. The fraction of sp³-hybridized carbons (Fsp3) is 1.00. The molecule has 0 bridgehead atoms. The second kappa shape index (κ2) is 6.74. The number of piperazine rings is 1. The van der Waals surface area contributed by atoms with Gasteiger partial charge in [-0.15, -0.1) is 4.91 Å². The van der Waals surface area contributed by atoms with Crippen molar-refractivity contribution in [3.8, 4) is 0 Å². The molecule has 0 atom stereocenters. The Hall–Kier alpha value is -0.680. The Morgan fingerprint density at radius 2 is 1.73 bits per heavy atom. The predicted molar refractivity (Wildman–Crippen MR) is 61.6 cm³/mol. The lowest BCUT2D eigenvalue weighted by Crippen LogP contribution is -2.46. The molecular weight excluding hydrogens is 192 g/mol. The van der Waals surface area contributed by atoms with Crippen molar-refractivity contribution in [2.24, 2.45) is 5.29 Å². The average Bonchev–Trinajstić information content (AvgIpc) is 2.31. The summed E-state index contributed by atoms with van der Waals surface area (Å²) in [4.78, 5) is 15.1. The minimum Gasteiger partial charge on any atom is -0.303 e. The maximum absolute atomic E-state index is 10.3. The van der Waals surface area contributed by atoms with Crippen LogP contribution in [0.1, 0.15) is 13.8 Å². The zero-order valence-electron chi connectivity index (χ0n) is 9.85. The lowest BCUT2D eigenvalue weighted by molar-refractivity contribution is 0.122. The molecule has 0 N–H and O–H groups in total. The second-order valence-corrected chi connectivity index (χ2v) is 3.90. The van der Waals surface area contributed by atoms with Crippen molar-refractivity contribution in [2.45, 2.75) is 13.8 Å². The average molecular weight is 214 g/mol. The minimum absolute atomic E-state index is 0.780. The third-order valence-corrected chi connectivity index (χ3v) is 3.09. The van der Waals surface area contributed by atoms with Crippen molar-refractivity contribution >= 4 is 0 Å². The van der Waals surface area contributed by atoms with Gasteiger partial charge in [0.25, 0.3) is 0 Å². The zero-order valence-corrected chi connectivity index (χ0v) is 9.85. The van der Waals surface area contributed by atoms with Gasteiger partial charge in [-0.05, 0) is 13.1 Å². The maximum Gasteiger partial charge on any atom is 0.0524 e. The third kappa shape index (κ3) is 4.13. The largest absolute Gasteiger partial charge is 0.303 e. The summed E-state index contributed by atoms with van der Waals surface area (Å²) in [6.45, 7) is 12.3. The van der Waals surface area contributed by atoms with Gasteiger partial charge in [-0.3, -0.25) is 9.91 Å². The summed E-state index contributed by atoms with van der Waals surface area (Å²) < 4.78 is 0. The van der Waals surface area contributed by atoms with Gasteiger partial charge in [-0.2, -0.15) is 0 Å². The van der Waals surface area contributed by atoms with E-state index in [1.54, 1.807) is 5.01 Å². The van der Waals surface area contributed by atoms with Crippen LogP contribution in [0.15, 0.2) is 5.29 Å². The highest BCUT2D eigenvalue weighted by molar-refractivity contribution is 4.70. The fourth-order valence-electron chi connectivity index (χ4n) is 1.87. The first-order chi connectivity index (χ1) is 7.30. The van der Waals surface area contributed by atoms with Crippen LogP contribution in [0.3, 0.4) is 0 Å². The van der Waals surface area contributed by atoms with Gasteiger partial charge in [-0.25, -0.2) is 0 Å². The number of rotatable bonds is 6. The molecule has 1 fully saturated rings. The molecule has 0 saturated carbocycles. The second-order valence-electron chi connectivity index (χ2n) is 3.90. The van der Waals surface area contributed by atoms with Gasteiger partial charge in [-0.1, -0.05) is 13.8 Å². The normalized spacial score (nSPS) is 18.5. The third-order valence-electron chi connectivity index (χ3n) is 3.09. The number of hydrogen-bond donors (Lipinski definition) is 0. The fourth-order valence-corrected chi connectivity index (χ4v) is 1.87. The van der Waals surface area contributed by atoms with E-state index in [-0.39, 0.29) is 0 Å². The lowest BCUT2D eigenvalue weighted by atomic mass is 10.3. The Labute approximate surface area is 92.0 Å². The molecule has 5 nitrogen and oxygen atoms in total. The van der Waals surface area contributed by atoms with Crippen LogP contribution in [-0.2, 0) is 0 Å². The van der Waals surface area contributed by atoms with Crippen LogP contribution in [0.4, 0.5) is 0 Å². The van der Waals surface area contributed by atoms with Crippen molar-refractivity contribution in [2.75, 3.05) is 52.4 Å². The van der Waals surface area contributed by atoms with E-state index in [1.807, 2.05) is 0 Å². The Morgan fingerprint density at radius 1 is 1.13 bits per heavy atom. The smallest absolute Gasteiger partial charge is 0.0524 e. The Bertz CT molecular complexity index is 176. The van der Waals surface area contributed by atoms with Gasteiger partial charge in [0.2, 0.25) is 0 Å². The number of nitroso groups, excluding NO2 is 1. The van der Waals surface area contributed by atoms with Crippen LogP contribution < -0.4 is 0 Å².